The van der Waals surface area contributed by atoms with Crippen molar-refractivity contribution in [2.24, 2.45) is 0 Å². The number of fused-ring (bicyclic) bond motifs is 3. The fourth-order valence-corrected chi connectivity index (χ4v) is 4.13. The molecular formula is C20H19N3O4. The van der Waals surface area contributed by atoms with Crippen LogP contribution in [0.4, 0.5) is 11.5 Å². The standard InChI is InChI=1S/C20H19N3O4/c1-22-18(24)14-4-3-13(10-15(14)20(22)5-6-20)23-7-8-27-16-9-12(19(25)26-2)11-21-17(16)23/h3-4,9-11H,5-8H2,1-2H3. The first-order valence-corrected chi connectivity index (χ1v) is 8.96. The van der Waals surface area contributed by atoms with E-state index in [2.05, 4.69) is 16.0 Å². The Bertz CT molecular complexity index is 983. The fraction of sp³-hybridized carbons (Fsp3) is 0.350. The lowest BCUT2D eigenvalue weighted by molar-refractivity contribution is 0.0599. The first kappa shape index (κ1) is 16.1. The van der Waals surface area contributed by atoms with Crippen LogP contribution in [0.3, 0.4) is 0 Å². The van der Waals surface area contributed by atoms with Gasteiger partial charge in [-0.05, 0) is 36.6 Å². The minimum Gasteiger partial charge on any atom is -0.488 e. The molecule has 3 heterocycles. The molecule has 0 bridgehead atoms. The number of anilines is 2. The smallest absolute Gasteiger partial charge is 0.339 e. The summed E-state index contributed by atoms with van der Waals surface area (Å²) in [7, 11) is 3.22. The van der Waals surface area contributed by atoms with E-state index < -0.39 is 5.97 Å². The molecule has 1 aromatic heterocycles. The maximum Gasteiger partial charge on any atom is 0.339 e. The summed E-state index contributed by atoms with van der Waals surface area (Å²) in [6, 6.07) is 7.63. The third-order valence-corrected chi connectivity index (χ3v) is 5.80. The van der Waals surface area contributed by atoms with E-state index in [9.17, 15) is 9.59 Å². The fourth-order valence-electron chi connectivity index (χ4n) is 4.13. The number of ether oxygens (including phenoxy) is 2. The summed E-state index contributed by atoms with van der Waals surface area (Å²) in [5, 5.41) is 0. The van der Waals surface area contributed by atoms with Gasteiger partial charge in [-0.3, -0.25) is 4.79 Å². The van der Waals surface area contributed by atoms with Gasteiger partial charge in [0.2, 0.25) is 0 Å². The number of aromatic nitrogens is 1. The molecule has 2 aliphatic heterocycles. The Morgan fingerprint density at radius 2 is 2.11 bits per heavy atom. The Hall–Kier alpha value is -3.09. The molecule has 1 aliphatic carbocycles. The van der Waals surface area contributed by atoms with Crippen LogP contribution in [0.2, 0.25) is 0 Å². The van der Waals surface area contributed by atoms with Crippen molar-refractivity contribution >= 4 is 23.4 Å². The van der Waals surface area contributed by atoms with Gasteiger partial charge < -0.3 is 19.3 Å². The quantitative estimate of drug-likeness (QED) is 0.762. The zero-order chi connectivity index (χ0) is 18.8. The highest BCUT2D eigenvalue weighted by Crippen LogP contribution is 2.56. The largest absolute Gasteiger partial charge is 0.488 e. The monoisotopic (exact) mass is 365 g/mol. The Morgan fingerprint density at radius 3 is 2.85 bits per heavy atom. The van der Waals surface area contributed by atoms with Crippen molar-refractivity contribution in [3.8, 4) is 5.75 Å². The van der Waals surface area contributed by atoms with Crippen LogP contribution in [0.25, 0.3) is 0 Å². The first-order valence-electron chi connectivity index (χ1n) is 8.96. The molecule has 7 nitrogen and oxygen atoms in total. The molecule has 3 aliphatic rings. The molecule has 1 spiro atoms. The average Bonchev–Trinajstić information content (AvgIpc) is 3.49. The van der Waals surface area contributed by atoms with Crippen LogP contribution < -0.4 is 9.64 Å². The van der Waals surface area contributed by atoms with E-state index in [0.29, 0.717) is 30.3 Å². The molecule has 5 rings (SSSR count). The Balaban J connectivity index is 1.56. The lowest BCUT2D eigenvalue weighted by atomic mass is 10.0. The van der Waals surface area contributed by atoms with Crippen LogP contribution in [0.5, 0.6) is 5.75 Å². The number of carbonyl (C=O) groups excluding carboxylic acids is 2. The lowest BCUT2D eigenvalue weighted by Crippen LogP contribution is -2.30. The maximum atomic E-state index is 12.5. The zero-order valence-corrected chi connectivity index (χ0v) is 15.2. The van der Waals surface area contributed by atoms with Gasteiger partial charge in [-0.1, -0.05) is 0 Å². The number of rotatable bonds is 2. The van der Waals surface area contributed by atoms with Gasteiger partial charge in [-0.15, -0.1) is 0 Å². The number of pyridine rings is 1. The predicted molar refractivity (Wildman–Crippen MR) is 97.5 cm³/mol. The average molecular weight is 365 g/mol. The number of esters is 1. The van der Waals surface area contributed by atoms with Crippen LogP contribution in [0.1, 0.15) is 39.1 Å². The van der Waals surface area contributed by atoms with Gasteiger partial charge in [0, 0.05) is 30.6 Å². The minimum absolute atomic E-state index is 0.0947. The number of amides is 1. The van der Waals surface area contributed by atoms with Crippen molar-refractivity contribution in [1.82, 2.24) is 9.88 Å². The van der Waals surface area contributed by atoms with Crippen molar-refractivity contribution in [3.63, 3.8) is 0 Å². The minimum atomic E-state index is -0.444. The third kappa shape index (κ3) is 2.17. The van der Waals surface area contributed by atoms with E-state index in [4.69, 9.17) is 9.47 Å². The predicted octanol–water partition coefficient (Wildman–Crippen LogP) is 2.47. The molecule has 27 heavy (non-hydrogen) atoms. The van der Waals surface area contributed by atoms with Gasteiger partial charge in [0.25, 0.3) is 5.91 Å². The second-order valence-electron chi connectivity index (χ2n) is 7.16. The van der Waals surface area contributed by atoms with Crippen molar-refractivity contribution in [1.29, 1.82) is 0 Å². The Morgan fingerprint density at radius 1 is 1.30 bits per heavy atom. The van der Waals surface area contributed by atoms with E-state index in [0.717, 1.165) is 29.7 Å². The second-order valence-corrected chi connectivity index (χ2v) is 7.16. The number of nitrogens with zero attached hydrogens (tertiary/aromatic N) is 3. The number of hydrogen-bond donors (Lipinski definition) is 0. The Labute approximate surface area is 156 Å². The van der Waals surface area contributed by atoms with E-state index >= 15 is 0 Å². The number of hydrogen-bond acceptors (Lipinski definition) is 6. The SMILES string of the molecule is COC(=O)c1cnc2c(c1)OCCN2c1ccc2c(c1)C1(CC1)N(C)C2=O. The van der Waals surface area contributed by atoms with Gasteiger partial charge in [0.05, 0.1) is 24.8 Å². The van der Waals surface area contributed by atoms with Gasteiger partial charge in [0.15, 0.2) is 11.6 Å². The van der Waals surface area contributed by atoms with Gasteiger partial charge in [0.1, 0.15) is 6.61 Å². The summed E-state index contributed by atoms with van der Waals surface area (Å²) in [5.74, 6) is 0.869. The molecule has 1 saturated carbocycles. The molecule has 0 atom stereocenters. The normalized spacial score (nSPS) is 18.8. The van der Waals surface area contributed by atoms with Crippen molar-refractivity contribution in [2.45, 2.75) is 18.4 Å². The Kier molecular flexibility index (Phi) is 3.25. The summed E-state index contributed by atoms with van der Waals surface area (Å²) in [5.41, 5.74) is 3.11. The highest BCUT2D eigenvalue weighted by Gasteiger charge is 2.56. The van der Waals surface area contributed by atoms with E-state index in [-0.39, 0.29) is 11.4 Å². The number of benzene rings is 1. The van der Waals surface area contributed by atoms with E-state index in [1.54, 1.807) is 6.07 Å². The van der Waals surface area contributed by atoms with Gasteiger partial charge in [-0.2, -0.15) is 0 Å². The van der Waals surface area contributed by atoms with Crippen LogP contribution in [0.15, 0.2) is 30.5 Å². The summed E-state index contributed by atoms with van der Waals surface area (Å²) < 4.78 is 10.5. The van der Waals surface area contributed by atoms with Crippen molar-refractivity contribution in [3.05, 3.63) is 47.2 Å². The molecule has 2 aromatic rings. The van der Waals surface area contributed by atoms with E-state index in [1.807, 2.05) is 24.1 Å². The molecule has 0 unspecified atom stereocenters. The topological polar surface area (TPSA) is 72.0 Å². The molecule has 138 valence electrons. The highest BCUT2D eigenvalue weighted by molar-refractivity contribution is 6.01. The van der Waals surface area contributed by atoms with Crippen molar-refractivity contribution < 1.29 is 19.1 Å². The summed E-state index contributed by atoms with van der Waals surface area (Å²) >= 11 is 0. The van der Waals surface area contributed by atoms with E-state index in [1.165, 1.54) is 13.3 Å². The summed E-state index contributed by atoms with van der Waals surface area (Å²) in [6.45, 7) is 1.13. The summed E-state index contributed by atoms with van der Waals surface area (Å²) in [6.07, 6.45) is 3.51. The molecule has 1 aromatic carbocycles. The zero-order valence-electron chi connectivity index (χ0n) is 15.2. The van der Waals surface area contributed by atoms with Crippen LogP contribution in [-0.2, 0) is 10.3 Å². The molecule has 0 radical (unpaired) electrons. The van der Waals surface area contributed by atoms with Crippen LogP contribution >= 0.6 is 0 Å². The van der Waals surface area contributed by atoms with Crippen molar-refractivity contribution in [2.75, 3.05) is 32.2 Å². The lowest BCUT2D eigenvalue weighted by Gasteiger charge is -2.30. The molecular weight excluding hydrogens is 346 g/mol. The van der Waals surface area contributed by atoms with Gasteiger partial charge >= 0.3 is 5.97 Å². The van der Waals surface area contributed by atoms with Crippen LogP contribution in [-0.4, -0.2) is 49.1 Å². The maximum absolute atomic E-state index is 12.5. The second kappa shape index (κ2) is 5.45. The molecule has 1 amide bonds. The highest BCUT2D eigenvalue weighted by atomic mass is 16.5. The number of carbonyl (C=O) groups is 2. The molecule has 0 N–H and O–H groups in total. The molecule has 1 fully saturated rings. The first-order chi connectivity index (χ1) is 13.0. The van der Waals surface area contributed by atoms with Gasteiger partial charge in [-0.25, -0.2) is 9.78 Å². The van der Waals surface area contributed by atoms with Crippen LogP contribution in [0, 0.1) is 0 Å². The molecule has 7 heteroatoms. The molecule has 0 saturated heterocycles. The number of methoxy groups -OCH3 is 1. The summed E-state index contributed by atoms with van der Waals surface area (Å²) in [4.78, 5) is 32.6. The third-order valence-electron chi connectivity index (χ3n) is 5.80.